The first-order valence-corrected chi connectivity index (χ1v) is 13.2. The van der Waals surface area contributed by atoms with E-state index < -0.39 is 0 Å². The molecule has 2 aromatic heterocycles. The van der Waals surface area contributed by atoms with Gasteiger partial charge in [0.25, 0.3) is 0 Å². The van der Waals surface area contributed by atoms with E-state index in [1.807, 2.05) is 64.0 Å². The fraction of sp³-hybridized carbons (Fsp3) is 0.400. The van der Waals surface area contributed by atoms with Gasteiger partial charge in [0.15, 0.2) is 5.13 Å². The number of aromatic nitrogens is 1. The molecule has 0 bridgehead atoms. The number of hydrogen-bond donors (Lipinski definition) is 0. The van der Waals surface area contributed by atoms with Gasteiger partial charge in [-0.15, -0.1) is 22.7 Å². The van der Waals surface area contributed by atoms with E-state index >= 15 is 0 Å². The van der Waals surface area contributed by atoms with Crippen molar-refractivity contribution in [1.82, 2.24) is 9.88 Å². The smallest absolute Gasteiger partial charge is 0.228 e. The average Bonchev–Trinajstić information content (AvgIpc) is 3.50. The lowest BCUT2D eigenvalue weighted by Crippen LogP contribution is -2.49. The van der Waals surface area contributed by atoms with Crippen molar-refractivity contribution in [3.63, 3.8) is 0 Å². The van der Waals surface area contributed by atoms with Crippen LogP contribution in [0.2, 0.25) is 0 Å². The fourth-order valence-electron chi connectivity index (χ4n) is 4.88. The molecule has 2 amide bonds. The quantitative estimate of drug-likeness (QED) is 0.541. The predicted molar refractivity (Wildman–Crippen MR) is 134 cm³/mol. The lowest BCUT2D eigenvalue weighted by atomic mass is 9.85. The van der Waals surface area contributed by atoms with Crippen molar-refractivity contribution >= 4 is 45.3 Å². The Morgan fingerprint density at radius 2 is 1.88 bits per heavy atom. The van der Waals surface area contributed by atoms with Crippen LogP contribution in [0.1, 0.15) is 35.7 Å². The summed E-state index contributed by atoms with van der Waals surface area (Å²) in [6.07, 6.45) is 3.74. The molecule has 3 aromatic rings. The molecule has 2 atom stereocenters. The van der Waals surface area contributed by atoms with Crippen LogP contribution in [0, 0.1) is 12.8 Å². The third kappa shape index (κ3) is 4.54. The van der Waals surface area contributed by atoms with Crippen LogP contribution in [-0.4, -0.2) is 47.9 Å². The van der Waals surface area contributed by atoms with Crippen LogP contribution in [0.15, 0.2) is 53.4 Å². The predicted octanol–water partition coefficient (Wildman–Crippen LogP) is 4.74. The van der Waals surface area contributed by atoms with Crippen molar-refractivity contribution in [2.24, 2.45) is 5.92 Å². The zero-order valence-corrected chi connectivity index (χ0v) is 20.4. The monoisotopic (exact) mass is 480 g/mol. The average molecular weight is 481 g/mol. The van der Waals surface area contributed by atoms with Crippen molar-refractivity contribution in [3.8, 4) is 0 Å². The Balaban J connectivity index is 1.41. The van der Waals surface area contributed by atoms with Crippen molar-refractivity contribution in [2.75, 3.05) is 36.0 Å². The molecule has 0 spiro atoms. The molecule has 6 nitrogen and oxygen atoms in total. The maximum atomic E-state index is 13.9. The van der Waals surface area contributed by atoms with Crippen LogP contribution in [0.5, 0.6) is 0 Å². The van der Waals surface area contributed by atoms with Crippen LogP contribution in [0.4, 0.5) is 10.8 Å². The zero-order chi connectivity index (χ0) is 22.8. The standard InChI is InChI=1S/C25H28N4O2S2/c1-18-5-7-19(8-6-18)29-22(30)10-9-20(23(29)21-4-2-16-32-21)24(31)27-12-3-13-28(15-14-27)25-26-11-17-33-25/h2,4-8,11,16-17,20,23H,3,9-10,12-15H2,1H3. The molecule has 2 aliphatic rings. The highest BCUT2D eigenvalue weighted by Crippen LogP contribution is 2.42. The summed E-state index contributed by atoms with van der Waals surface area (Å²) < 4.78 is 0. The van der Waals surface area contributed by atoms with Gasteiger partial charge in [-0.1, -0.05) is 23.8 Å². The maximum absolute atomic E-state index is 13.9. The number of aryl methyl sites for hydroxylation is 1. The molecular formula is C25H28N4O2S2. The van der Waals surface area contributed by atoms with Gasteiger partial charge >= 0.3 is 0 Å². The number of rotatable bonds is 4. The summed E-state index contributed by atoms with van der Waals surface area (Å²) in [6, 6.07) is 11.9. The van der Waals surface area contributed by atoms with E-state index in [0.29, 0.717) is 19.4 Å². The van der Waals surface area contributed by atoms with Gasteiger partial charge in [-0.05, 0) is 43.3 Å². The highest BCUT2D eigenvalue weighted by molar-refractivity contribution is 7.13. The Labute approximate surface area is 202 Å². The molecule has 2 saturated heterocycles. The van der Waals surface area contributed by atoms with E-state index in [0.717, 1.165) is 47.3 Å². The number of piperidine rings is 1. The summed E-state index contributed by atoms with van der Waals surface area (Å²) >= 11 is 3.27. The summed E-state index contributed by atoms with van der Waals surface area (Å²) in [4.78, 5) is 38.7. The molecule has 33 heavy (non-hydrogen) atoms. The Morgan fingerprint density at radius 1 is 1.03 bits per heavy atom. The van der Waals surface area contributed by atoms with Crippen LogP contribution in [-0.2, 0) is 9.59 Å². The topological polar surface area (TPSA) is 56.8 Å². The van der Waals surface area contributed by atoms with Gasteiger partial charge in [-0.2, -0.15) is 0 Å². The number of anilines is 2. The SMILES string of the molecule is Cc1ccc(N2C(=O)CCC(C(=O)N3CCCN(c4nccs4)CC3)C2c2cccs2)cc1. The molecule has 8 heteroatoms. The van der Waals surface area contributed by atoms with Crippen LogP contribution >= 0.6 is 22.7 Å². The summed E-state index contributed by atoms with van der Waals surface area (Å²) in [7, 11) is 0. The van der Waals surface area contributed by atoms with Crippen LogP contribution in [0.3, 0.4) is 0 Å². The van der Waals surface area contributed by atoms with Gasteiger partial charge < -0.3 is 14.7 Å². The second-order valence-corrected chi connectivity index (χ2v) is 10.5. The van der Waals surface area contributed by atoms with Gasteiger partial charge in [-0.3, -0.25) is 9.59 Å². The van der Waals surface area contributed by atoms with Crippen LogP contribution < -0.4 is 9.80 Å². The van der Waals surface area contributed by atoms with E-state index in [1.165, 1.54) is 0 Å². The number of carbonyl (C=O) groups excluding carboxylic acids is 2. The van der Waals surface area contributed by atoms with Gasteiger partial charge in [-0.25, -0.2) is 4.98 Å². The number of hydrogen-bond acceptors (Lipinski definition) is 6. The first-order chi connectivity index (χ1) is 16.1. The minimum Gasteiger partial charge on any atom is -0.346 e. The molecule has 0 aliphatic carbocycles. The van der Waals surface area contributed by atoms with E-state index in [2.05, 4.69) is 16.0 Å². The summed E-state index contributed by atoms with van der Waals surface area (Å²) in [5.41, 5.74) is 2.02. The molecular weight excluding hydrogens is 452 g/mol. The van der Waals surface area contributed by atoms with E-state index in [4.69, 9.17) is 0 Å². The summed E-state index contributed by atoms with van der Waals surface area (Å²) in [5, 5.41) is 5.05. The highest BCUT2D eigenvalue weighted by atomic mass is 32.1. The molecule has 0 saturated carbocycles. The summed E-state index contributed by atoms with van der Waals surface area (Å²) in [5.74, 6) is 0.0141. The highest BCUT2D eigenvalue weighted by Gasteiger charge is 2.43. The van der Waals surface area contributed by atoms with Crippen molar-refractivity contribution in [2.45, 2.75) is 32.2 Å². The number of amides is 2. The number of benzene rings is 1. The lowest BCUT2D eigenvalue weighted by molar-refractivity contribution is -0.138. The number of thiazole rings is 1. The lowest BCUT2D eigenvalue weighted by Gasteiger charge is -2.41. The molecule has 2 fully saturated rings. The Hall–Kier alpha value is -2.71. The zero-order valence-electron chi connectivity index (χ0n) is 18.7. The Morgan fingerprint density at radius 3 is 2.61 bits per heavy atom. The largest absolute Gasteiger partial charge is 0.346 e. The van der Waals surface area contributed by atoms with E-state index in [1.54, 1.807) is 22.7 Å². The molecule has 1 aromatic carbocycles. The number of thiophene rings is 1. The first-order valence-electron chi connectivity index (χ1n) is 11.5. The summed E-state index contributed by atoms with van der Waals surface area (Å²) in [6.45, 7) is 5.16. The maximum Gasteiger partial charge on any atom is 0.228 e. The van der Waals surface area contributed by atoms with Crippen molar-refractivity contribution < 1.29 is 9.59 Å². The van der Waals surface area contributed by atoms with Gasteiger partial charge in [0, 0.05) is 54.7 Å². The third-order valence-electron chi connectivity index (χ3n) is 6.56. The van der Waals surface area contributed by atoms with Gasteiger partial charge in [0.2, 0.25) is 11.8 Å². The Kier molecular flexibility index (Phi) is 6.46. The number of nitrogens with zero attached hydrogens (tertiary/aromatic N) is 4. The molecule has 5 rings (SSSR count). The first kappa shape index (κ1) is 22.1. The molecule has 0 radical (unpaired) electrons. The van der Waals surface area contributed by atoms with Gasteiger partial charge in [0.05, 0.1) is 12.0 Å². The van der Waals surface area contributed by atoms with E-state index in [-0.39, 0.29) is 23.8 Å². The minimum absolute atomic E-state index is 0.0899. The third-order valence-corrected chi connectivity index (χ3v) is 8.33. The van der Waals surface area contributed by atoms with Crippen molar-refractivity contribution in [1.29, 1.82) is 0 Å². The Bertz CT molecular complexity index is 1080. The normalized spacial score (nSPS) is 21.8. The van der Waals surface area contributed by atoms with E-state index in [9.17, 15) is 9.59 Å². The van der Waals surface area contributed by atoms with Gasteiger partial charge in [0.1, 0.15) is 0 Å². The minimum atomic E-state index is -0.264. The second kappa shape index (κ2) is 9.65. The molecule has 4 heterocycles. The fourth-order valence-corrected chi connectivity index (χ4v) is 6.46. The van der Waals surface area contributed by atoms with Crippen LogP contribution in [0.25, 0.3) is 0 Å². The second-order valence-electron chi connectivity index (χ2n) is 8.69. The van der Waals surface area contributed by atoms with Crippen molar-refractivity contribution in [3.05, 3.63) is 63.8 Å². The number of carbonyl (C=O) groups is 2. The molecule has 2 aliphatic heterocycles. The molecule has 0 N–H and O–H groups in total. The molecule has 172 valence electrons. The molecule has 2 unspecified atom stereocenters.